The third kappa shape index (κ3) is 4.96. The van der Waals surface area contributed by atoms with E-state index in [-0.39, 0.29) is 0 Å². The fraction of sp³-hybridized carbons (Fsp3) is 0. The van der Waals surface area contributed by atoms with Crippen LogP contribution in [-0.4, -0.2) is 0 Å². The van der Waals surface area contributed by atoms with Crippen LogP contribution in [-0.2, 0) is 0 Å². The molecule has 1 aromatic heterocycles. The Labute approximate surface area is 302 Å². The van der Waals surface area contributed by atoms with Crippen LogP contribution in [0.3, 0.4) is 0 Å². The summed E-state index contributed by atoms with van der Waals surface area (Å²) in [6, 6.07) is 71.7. The third-order valence-corrected chi connectivity index (χ3v) is 10.3. The number of nitrogens with zero attached hydrogens (tertiary/aromatic N) is 1. The maximum atomic E-state index is 6.66. The first kappa shape index (κ1) is 30.0. The van der Waals surface area contributed by atoms with Crippen molar-refractivity contribution in [2.45, 2.75) is 0 Å². The van der Waals surface area contributed by atoms with Crippen molar-refractivity contribution in [1.29, 1.82) is 0 Å². The predicted octanol–water partition coefficient (Wildman–Crippen LogP) is 14.4. The second-order valence-electron chi connectivity index (χ2n) is 13.3. The highest BCUT2D eigenvalue weighted by molar-refractivity contribution is 6.20. The van der Waals surface area contributed by atoms with Crippen LogP contribution in [0.15, 0.2) is 205 Å². The lowest BCUT2D eigenvalue weighted by atomic mass is 9.94. The van der Waals surface area contributed by atoms with Crippen molar-refractivity contribution in [1.82, 2.24) is 0 Å². The molecule has 0 spiro atoms. The van der Waals surface area contributed by atoms with Crippen molar-refractivity contribution in [2.75, 3.05) is 4.90 Å². The van der Waals surface area contributed by atoms with Gasteiger partial charge in [-0.2, -0.15) is 0 Å². The smallest absolute Gasteiger partial charge is 0.143 e. The molecule has 0 fully saturated rings. The third-order valence-electron chi connectivity index (χ3n) is 10.3. The summed E-state index contributed by atoms with van der Waals surface area (Å²) in [4.78, 5) is 2.45. The molecule has 2 nitrogen and oxygen atoms in total. The Balaban J connectivity index is 1.22. The quantitative estimate of drug-likeness (QED) is 0.176. The Kier molecular flexibility index (Phi) is 7.18. The minimum Gasteiger partial charge on any atom is -0.455 e. The van der Waals surface area contributed by atoms with Gasteiger partial charge in [0, 0.05) is 32.7 Å². The number of benzene rings is 9. The van der Waals surface area contributed by atoms with E-state index in [1.165, 1.54) is 27.3 Å². The second kappa shape index (κ2) is 12.5. The standard InChI is InChI=1S/C50H33NO/c1-2-14-34(15-3-1)35-28-30-38(31-29-35)40-20-8-10-24-45(40)51(46-26-12-18-36-16-4-6-19-39(36)46)47-25-11-9-22-42(47)43-23-13-27-48-49(43)44-33-32-37-17-5-7-21-41(37)50(44)52-48/h1-33H. The molecular weight excluding hydrogens is 631 g/mol. The molecule has 244 valence electrons. The highest BCUT2D eigenvalue weighted by Crippen LogP contribution is 2.49. The fourth-order valence-corrected chi connectivity index (χ4v) is 7.85. The first-order valence-corrected chi connectivity index (χ1v) is 17.8. The van der Waals surface area contributed by atoms with Gasteiger partial charge in [0.1, 0.15) is 11.2 Å². The van der Waals surface area contributed by atoms with Crippen molar-refractivity contribution in [2.24, 2.45) is 0 Å². The molecular formula is C50H33NO. The number of hydrogen-bond acceptors (Lipinski definition) is 2. The van der Waals surface area contributed by atoms with Gasteiger partial charge in [-0.3, -0.25) is 0 Å². The van der Waals surface area contributed by atoms with E-state index in [1.54, 1.807) is 0 Å². The van der Waals surface area contributed by atoms with Gasteiger partial charge in [-0.1, -0.05) is 170 Å². The summed E-state index contributed by atoms with van der Waals surface area (Å²) in [5, 5.41) is 6.93. The van der Waals surface area contributed by atoms with Crippen LogP contribution in [0.25, 0.3) is 76.9 Å². The zero-order valence-electron chi connectivity index (χ0n) is 28.4. The van der Waals surface area contributed by atoms with Gasteiger partial charge in [0.05, 0.1) is 17.1 Å². The van der Waals surface area contributed by atoms with Gasteiger partial charge in [-0.05, 0) is 63.4 Å². The van der Waals surface area contributed by atoms with E-state index in [9.17, 15) is 0 Å². The molecule has 2 heteroatoms. The van der Waals surface area contributed by atoms with Crippen LogP contribution < -0.4 is 4.90 Å². The lowest BCUT2D eigenvalue weighted by molar-refractivity contribution is 0.673. The average molecular weight is 664 g/mol. The Morgan fingerprint density at radius 1 is 0.308 bits per heavy atom. The molecule has 52 heavy (non-hydrogen) atoms. The van der Waals surface area contributed by atoms with Crippen LogP contribution in [0.4, 0.5) is 17.1 Å². The molecule has 0 saturated heterocycles. The van der Waals surface area contributed by atoms with E-state index in [0.717, 1.165) is 66.6 Å². The molecule has 0 amide bonds. The largest absolute Gasteiger partial charge is 0.455 e. The maximum Gasteiger partial charge on any atom is 0.143 e. The van der Waals surface area contributed by atoms with Crippen molar-refractivity contribution >= 4 is 60.5 Å². The summed E-state index contributed by atoms with van der Waals surface area (Å²) in [6.45, 7) is 0. The van der Waals surface area contributed by atoms with Gasteiger partial charge in [-0.15, -0.1) is 0 Å². The topological polar surface area (TPSA) is 16.4 Å². The maximum absolute atomic E-state index is 6.66. The molecule has 10 aromatic rings. The van der Waals surface area contributed by atoms with E-state index < -0.39 is 0 Å². The molecule has 0 radical (unpaired) electrons. The highest BCUT2D eigenvalue weighted by atomic mass is 16.3. The molecule has 0 N–H and O–H groups in total. The van der Waals surface area contributed by atoms with Crippen LogP contribution in [0.1, 0.15) is 0 Å². The van der Waals surface area contributed by atoms with Gasteiger partial charge in [0.15, 0.2) is 0 Å². The molecule has 0 bridgehead atoms. The molecule has 0 aliphatic rings. The Morgan fingerprint density at radius 3 is 1.65 bits per heavy atom. The van der Waals surface area contributed by atoms with Gasteiger partial charge < -0.3 is 9.32 Å². The van der Waals surface area contributed by atoms with Crippen LogP contribution in [0.2, 0.25) is 0 Å². The Bertz CT molecular complexity index is 2900. The van der Waals surface area contributed by atoms with Crippen molar-refractivity contribution < 1.29 is 4.42 Å². The summed E-state index contributed by atoms with van der Waals surface area (Å²) in [7, 11) is 0. The molecule has 0 unspecified atom stereocenters. The van der Waals surface area contributed by atoms with Crippen LogP contribution in [0, 0.1) is 0 Å². The molecule has 0 aliphatic carbocycles. The molecule has 1 heterocycles. The first-order valence-electron chi connectivity index (χ1n) is 17.8. The monoisotopic (exact) mass is 663 g/mol. The number of anilines is 3. The number of fused-ring (bicyclic) bond motifs is 6. The zero-order chi connectivity index (χ0) is 34.4. The summed E-state index contributed by atoms with van der Waals surface area (Å²) < 4.78 is 6.66. The summed E-state index contributed by atoms with van der Waals surface area (Å²) in [6.07, 6.45) is 0. The fourth-order valence-electron chi connectivity index (χ4n) is 7.85. The average Bonchev–Trinajstić information content (AvgIpc) is 3.62. The predicted molar refractivity (Wildman–Crippen MR) is 220 cm³/mol. The van der Waals surface area contributed by atoms with E-state index in [4.69, 9.17) is 4.42 Å². The van der Waals surface area contributed by atoms with Crippen molar-refractivity contribution in [3.05, 3.63) is 200 Å². The molecule has 9 aromatic carbocycles. The second-order valence-corrected chi connectivity index (χ2v) is 13.3. The summed E-state index contributed by atoms with van der Waals surface area (Å²) >= 11 is 0. The minimum atomic E-state index is 0.884. The normalized spacial score (nSPS) is 11.5. The van der Waals surface area contributed by atoms with Crippen molar-refractivity contribution in [3.8, 4) is 33.4 Å². The van der Waals surface area contributed by atoms with Gasteiger partial charge in [0.2, 0.25) is 0 Å². The Hall–Kier alpha value is -6.90. The molecule has 0 aliphatic heterocycles. The molecule has 0 atom stereocenters. The number of furan rings is 1. The Morgan fingerprint density at radius 2 is 0.846 bits per heavy atom. The zero-order valence-corrected chi connectivity index (χ0v) is 28.4. The lowest BCUT2D eigenvalue weighted by Gasteiger charge is -2.31. The molecule has 0 saturated carbocycles. The highest BCUT2D eigenvalue weighted by Gasteiger charge is 2.24. The van der Waals surface area contributed by atoms with Gasteiger partial charge >= 0.3 is 0 Å². The number of para-hydroxylation sites is 2. The van der Waals surface area contributed by atoms with E-state index >= 15 is 0 Å². The van der Waals surface area contributed by atoms with Crippen LogP contribution >= 0.6 is 0 Å². The first-order chi connectivity index (χ1) is 25.8. The lowest BCUT2D eigenvalue weighted by Crippen LogP contribution is -2.13. The minimum absolute atomic E-state index is 0.884. The van der Waals surface area contributed by atoms with E-state index in [1.807, 2.05) is 0 Å². The number of hydrogen-bond donors (Lipinski definition) is 0. The van der Waals surface area contributed by atoms with Crippen LogP contribution in [0.5, 0.6) is 0 Å². The van der Waals surface area contributed by atoms with E-state index in [0.29, 0.717) is 0 Å². The van der Waals surface area contributed by atoms with E-state index in [2.05, 4.69) is 205 Å². The SMILES string of the molecule is c1ccc(-c2ccc(-c3ccccc3N(c3ccccc3-c3cccc4oc5c6ccccc6ccc5c34)c3cccc4ccccc34)cc2)cc1. The summed E-state index contributed by atoms with van der Waals surface area (Å²) in [5.74, 6) is 0. The van der Waals surface area contributed by atoms with Gasteiger partial charge in [-0.25, -0.2) is 0 Å². The van der Waals surface area contributed by atoms with Gasteiger partial charge in [0.25, 0.3) is 0 Å². The number of rotatable bonds is 6. The van der Waals surface area contributed by atoms with Crippen molar-refractivity contribution in [3.63, 3.8) is 0 Å². The summed E-state index contributed by atoms with van der Waals surface area (Å²) in [5.41, 5.74) is 12.1. The molecule has 10 rings (SSSR count).